The van der Waals surface area contributed by atoms with Gasteiger partial charge in [-0.05, 0) is 38.0 Å². The number of morpholine rings is 1. The van der Waals surface area contributed by atoms with Gasteiger partial charge in [0.15, 0.2) is 0 Å². The Bertz CT molecular complexity index is 697. The molecule has 2 rings (SSSR count). The number of ether oxygens (including phenoxy) is 1. The second kappa shape index (κ2) is 7.63. The Kier molecular flexibility index (Phi) is 6.01. The van der Waals surface area contributed by atoms with Crippen molar-refractivity contribution in [2.75, 3.05) is 33.4 Å². The normalized spacial score (nSPS) is 17.5. The molecule has 134 valence electrons. The van der Waals surface area contributed by atoms with Crippen LogP contribution >= 0.6 is 0 Å². The Labute approximate surface area is 144 Å². The summed E-state index contributed by atoms with van der Waals surface area (Å²) in [5.41, 5.74) is 1.21. The Hall–Kier alpha value is -1.44. The zero-order valence-corrected chi connectivity index (χ0v) is 15.6. The van der Waals surface area contributed by atoms with Gasteiger partial charge >= 0.3 is 0 Å². The van der Waals surface area contributed by atoms with Crippen LogP contribution < -0.4 is 0 Å². The molecule has 0 N–H and O–H groups in total. The smallest absolute Gasteiger partial charge is 0.254 e. The summed E-state index contributed by atoms with van der Waals surface area (Å²) < 4.78 is 32.2. The van der Waals surface area contributed by atoms with Crippen LogP contribution in [-0.4, -0.2) is 62.9 Å². The standard InChI is InChI=1S/C17H26N2O4S/c1-5-14(3)18(4)17(20)16-12-15(7-6-13(16)2)24(21,22)19-8-10-23-11-9-19/h6-7,12,14H,5,8-11H2,1-4H3. The van der Waals surface area contributed by atoms with Gasteiger partial charge in [-0.25, -0.2) is 8.42 Å². The van der Waals surface area contributed by atoms with E-state index in [1.807, 2.05) is 20.8 Å². The summed E-state index contributed by atoms with van der Waals surface area (Å²) >= 11 is 0. The van der Waals surface area contributed by atoms with Crippen molar-refractivity contribution >= 4 is 15.9 Å². The monoisotopic (exact) mass is 354 g/mol. The molecule has 0 radical (unpaired) electrons. The molecule has 1 aromatic rings. The number of sulfonamides is 1. The summed E-state index contributed by atoms with van der Waals surface area (Å²) in [6, 6.07) is 4.86. The Morgan fingerprint density at radius 1 is 1.33 bits per heavy atom. The van der Waals surface area contributed by atoms with E-state index < -0.39 is 10.0 Å². The lowest BCUT2D eigenvalue weighted by Crippen LogP contribution is -2.40. The van der Waals surface area contributed by atoms with Crippen LogP contribution in [0.2, 0.25) is 0 Å². The van der Waals surface area contributed by atoms with Crippen LogP contribution in [0.15, 0.2) is 23.1 Å². The largest absolute Gasteiger partial charge is 0.379 e. The van der Waals surface area contributed by atoms with E-state index in [0.717, 1.165) is 12.0 Å². The van der Waals surface area contributed by atoms with Gasteiger partial charge in [0.25, 0.3) is 5.91 Å². The third-order valence-corrected chi connectivity index (χ3v) is 6.51. The molecule has 0 aliphatic carbocycles. The maximum absolute atomic E-state index is 12.8. The van der Waals surface area contributed by atoms with E-state index in [4.69, 9.17) is 4.74 Å². The Balaban J connectivity index is 2.36. The first kappa shape index (κ1) is 18.9. The molecule has 0 saturated carbocycles. The van der Waals surface area contributed by atoms with Crippen molar-refractivity contribution in [3.05, 3.63) is 29.3 Å². The molecule has 1 unspecified atom stereocenters. The average molecular weight is 354 g/mol. The second-order valence-electron chi connectivity index (χ2n) is 6.17. The highest BCUT2D eigenvalue weighted by atomic mass is 32.2. The van der Waals surface area contributed by atoms with Gasteiger partial charge in [0.1, 0.15) is 0 Å². The van der Waals surface area contributed by atoms with E-state index in [1.54, 1.807) is 24.1 Å². The Morgan fingerprint density at radius 2 is 1.96 bits per heavy atom. The molecule has 1 aromatic carbocycles. The van der Waals surface area contributed by atoms with Gasteiger partial charge in [-0.15, -0.1) is 0 Å². The van der Waals surface area contributed by atoms with E-state index >= 15 is 0 Å². The lowest BCUT2D eigenvalue weighted by molar-refractivity contribution is 0.0728. The molecule has 1 atom stereocenters. The molecule has 0 bridgehead atoms. The average Bonchev–Trinajstić information content (AvgIpc) is 2.60. The number of carbonyl (C=O) groups is 1. The zero-order valence-electron chi connectivity index (χ0n) is 14.8. The fourth-order valence-corrected chi connectivity index (χ4v) is 4.03. The van der Waals surface area contributed by atoms with Gasteiger partial charge in [-0.3, -0.25) is 4.79 Å². The van der Waals surface area contributed by atoms with E-state index in [-0.39, 0.29) is 16.8 Å². The minimum Gasteiger partial charge on any atom is -0.379 e. The molecule has 7 heteroatoms. The third kappa shape index (κ3) is 3.79. The van der Waals surface area contributed by atoms with Gasteiger partial charge in [0.2, 0.25) is 10.0 Å². The minimum atomic E-state index is -3.60. The van der Waals surface area contributed by atoms with Gasteiger partial charge < -0.3 is 9.64 Å². The SMILES string of the molecule is CCC(C)N(C)C(=O)c1cc(S(=O)(=O)N2CCOCC2)ccc1C. The molecule has 24 heavy (non-hydrogen) atoms. The fraction of sp³-hybridized carbons (Fsp3) is 0.588. The molecular weight excluding hydrogens is 328 g/mol. The van der Waals surface area contributed by atoms with Crippen LogP contribution in [0.1, 0.15) is 36.2 Å². The number of amides is 1. The van der Waals surface area contributed by atoms with Crippen molar-refractivity contribution in [3.63, 3.8) is 0 Å². The van der Waals surface area contributed by atoms with Gasteiger partial charge in [0, 0.05) is 31.7 Å². The first-order chi connectivity index (χ1) is 11.3. The van der Waals surface area contributed by atoms with Crippen LogP contribution in [0, 0.1) is 6.92 Å². The lowest BCUT2D eigenvalue weighted by Gasteiger charge is -2.27. The highest BCUT2D eigenvalue weighted by Gasteiger charge is 2.28. The molecule has 1 aliphatic heterocycles. The van der Waals surface area contributed by atoms with E-state index in [0.29, 0.717) is 31.9 Å². The van der Waals surface area contributed by atoms with E-state index in [2.05, 4.69) is 0 Å². The number of nitrogens with zero attached hydrogens (tertiary/aromatic N) is 2. The van der Waals surface area contributed by atoms with Gasteiger partial charge in [-0.2, -0.15) is 4.31 Å². The first-order valence-electron chi connectivity index (χ1n) is 8.24. The highest BCUT2D eigenvalue weighted by molar-refractivity contribution is 7.89. The van der Waals surface area contributed by atoms with Crippen molar-refractivity contribution in [2.24, 2.45) is 0 Å². The summed E-state index contributed by atoms with van der Waals surface area (Å²) in [5.74, 6) is -0.152. The molecule has 1 amide bonds. The second-order valence-corrected chi connectivity index (χ2v) is 8.10. The molecule has 1 fully saturated rings. The molecule has 1 aliphatic rings. The molecule has 0 aromatic heterocycles. The first-order valence-corrected chi connectivity index (χ1v) is 9.68. The summed E-state index contributed by atoms with van der Waals surface area (Å²) in [5, 5.41) is 0. The van der Waals surface area contributed by atoms with Crippen molar-refractivity contribution in [1.29, 1.82) is 0 Å². The van der Waals surface area contributed by atoms with Crippen molar-refractivity contribution < 1.29 is 17.9 Å². The Morgan fingerprint density at radius 3 is 2.54 bits per heavy atom. The fourth-order valence-electron chi connectivity index (χ4n) is 2.59. The highest BCUT2D eigenvalue weighted by Crippen LogP contribution is 2.22. The number of carbonyl (C=O) groups excluding carboxylic acids is 1. The summed E-state index contributed by atoms with van der Waals surface area (Å²) in [6.45, 7) is 7.28. The number of hydrogen-bond acceptors (Lipinski definition) is 4. The van der Waals surface area contributed by atoms with Crippen molar-refractivity contribution in [3.8, 4) is 0 Å². The number of rotatable bonds is 5. The quantitative estimate of drug-likeness (QED) is 0.810. The van der Waals surface area contributed by atoms with Gasteiger partial charge in [0.05, 0.1) is 18.1 Å². The minimum absolute atomic E-state index is 0.0939. The molecule has 1 saturated heterocycles. The van der Waals surface area contributed by atoms with Crippen LogP contribution in [0.3, 0.4) is 0 Å². The predicted molar refractivity (Wildman–Crippen MR) is 92.6 cm³/mol. The summed E-state index contributed by atoms with van der Waals surface area (Å²) in [4.78, 5) is 14.5. The number of aryl methyl sites for hydroxylation is 1. The zero-order chi connectivity index (χ0) is 17.9. The maximum Gasteiger partial charge on any atom is 0.254 e. The van der Waals surface area contributed by atoms with E-state index in [1.165, 1.54) is 10.4 Å². The number of hydrogen-bond donors (Lipinski definition) is 0. The number of benzene rings is 1. The van der Waals surface area contributed by atoms with E-state index in [9.17, 15) is 13.2 Å². The third-order valence-electron chi connectivity index (χ3n) is 4.62. The molecule has 1 heterocycles. The van der Waals surface area contributed by atoms with Crippen molar-refractivity contribution in [2.45, 2.75) is 38.1 Å². The van der Waals surface area contributed by atoms with Gasteiger partial charge in [-0.1, -0.05) is 13.0 Å². The van der Waals surface area contributed by atoms with Crippen LogP contribution in [0.4, 0.5) is 0 Å². The maximum atomic E-state index is 12.8. The molecular formula is C17H26N2O4S. The topological polar surface area (TPSA) is 66.9 Å². The molecule has 6 nitrogen and oxygen atoms in total. The summed E-state index contributed by atoms with van der Waals surface area (Å²) in [6.07, 6.45) is 0.840. The van der Waals surface area contributed by atoms with Crippen LogP contribution in [0.25, 0.3) is 0 Å². The van der Waals surface area contributed by atoms with Crippen LogP contribution in [-0.2, 0) is 14.8 Å². The summed E-state index contributed by atoms with van der Waals surface area (Å²) in [7, 11) is -1.85. The lowest BCUT2D eigenvalue weighted by atomic mass is 10.1. The van der Waals surface area contributed by atoms with Crippen molar-refractivity contribution in [1.82, 2.24) is 9.21 Å². The van der Waals surface area contributed by atoms with Crippen LogP contribution in [0.5, 0.6) is 0 Å². The predicted octanol–water partition coefficient (Wildman–Crippen LogP) is 1.89. The molecule has 0 spiro atoms.